The maximum absolute atomic E-state index is 11.3. The van der Waals surface area contributed by atoms with Crippen LogP contribution in [0.2, 0.25) is 0 Å². The van der Waals surface area contributed by atoms with Gasteiger partial charge in [0.2, 0.25) is 10.0 Å². The van der Waals surface area contributed by atoms with Crippen molar-refractivity contribution in [3.8, 4) is 0 Å². The van der Waals surface area contributed by atoms with Gasteiger partial charge in [0.05, 0.1) is 6.26 Å². The van der Waals surface area contributed by atoms with Crippen molar-refractivity contribution in [2.24, 2.45) is 5.92 Å². The van der Waals surface area contributed by atoms with Gasteiger partial charge >= 0.3 is 0 Å². The Balaban J connectivity index is 1.77. The summed E-state index contributed by atoms with van der Waals surface area (Å²) < 4.78 is 25.4. The van der Waals surface area contributed by atoms with Crippen LogP contribution in [-0.2, 0) is 10.0 Å². The molecule has 106 valence electrons. The van der Waals surface area contributed by atoms with Crippen LogP contribution < -0.4 is 10.0 Å². The molecule has 0 bridgehead atoms. The summed E-state index contributed by atoms with van der Waals surface area (Å²) in [5.74, 6) is 2.96. The van der Waals surface area contributed by atoms with E-state index in [4.69, 9.17) is 0 Å². The van der Waals surface area contributed by atoms with Gasteiger partial charge in [-0.2, -0.15) is 11.8 Å². The Bertz CT molecular complexity index is 353. The van der Waals surface area contributed by atoms with Crippen LogP contribution in [0, 0.1) is 5.92 Å². The van der Waals surface area contributed by atoms with Gasteiger partial charge in [-0.05, 0) is 43.9 Å². The van der Waals surface area contributed by atoms with Crippen molar-refractivity contribution in [3.63, 3.8) is 0 Å². The lowest BCUT2D eigenvalue weighted by Gasteiger charge is -2.26. The van der Waals surface area contributed by atoms with E-state index in [0.29, 0.717) is 12.0 Å². The molecule has 4 nitrogen and oxygen atoms in total. The van der Waals surface area contributed by atoms with Crippen LogP contribution in [0.25, 0.3) is 0 Å². The topological polar surface area (TPSA) is 58.2 Å². The van der Waals surface area contributed by atoms with E-state index in [1.54, 1.807) is 0 Å². The van der Waals surface area contributed by atoms with Crippen LogP contribution in [0.5, 0.6) is 0 Å². The highest BCUT2D eigenvalue weighted by Gasteiger charge is 2.29. The van der Waals surface area contributed by atoms with Gasteiger partial charge in [0, 0.05) is 17.8 Å². The first-order chi connectivity index (χ1) is 8.54. The van der Waals surface area contributed by atoms with E-state index in [2.05, 4.69) is 10.0 Å². The van der Waals surface area contributed by atoms with Crippen LogP contribution >= 0.6 is 11.8 Å². The van der Waals surface area contributed by atoms with Gasteiger partial charge in [-0.1, -0.05) is 6.42 Å². The fourth-order valence-corrected chi connectivity index (χ4v) is 4.90. The lowest BCUT2D eigenvalue weighted by Crippen LogP contribution is -2.43. The first-order valence-electron chi connectivity index (χ1n) is 6.83. The van der Waals surface area contributed by atoms with Crippen molar-refractivity contribution in [1.29, 1.82) is 0 Å². The number of thioether (sulfide) groups is 1. The second-order valence-electron chi connectivity index (χ2n) is 5.51. The van der Waals surface area contributed by atoms with E-state index in [-0.39, 0.29) is 6.04 Å². The van der Waals surface area contributed by atoms with Gasteiger partial charge in [-0.25, -0.2) is 13.1 Å². The number of nitrogens with one attached hydrogen (secondary N) is 2. The zero-order valence-electron chi connectivity index (χ0n) is 11.0. The Kier molecular flexibility index (Phi) is 5.35. The third-order valence-corrected chi connectivity index (χ3v) is 5.80. The molecule has 1 heterocycles. The van der Waals surface area contributed by atoms with Crippen molar-refractivity contribution < 1.29 is 8.42 Å². The Morgan fingerprint density at radius 1 is 1.22 bits per heavy atom. The molecule has 1 aliphatic heterocycles. The molecule has 2 fully saturated rings. The predicted octanol–water partition coefficient (Wildman–Crippen LogP) is 1.19. The quantitative estimate of drug-likeness (QED) is 0.799. The Morgan fingerprint density at radius 2 is 2.06 bits per heavy atom. The molecule has 6 heteroatoms. The Hall–Kier alpha value is 0.220. The standard InChI is InChI=1S/C12H24N2O2S2/c1-18(15,16)14-12-6-2-4-10(12)8-13-11-5-3-7-17-9-11/h10-14H,2-9H2,1H3/t10-,11+,12+/m0/s1. The summed E-state index contributed by atoms with van der Waals surface area (Å²) >= 11 is 2.02. The van der Waals surface area contributed by atoms with E-state index in [0.717, 1.165) is 25.8 Å². The Morgan fingerprint density at radius 3 is 2.72 bits per heavy atom. The van der Waals surface area contributed by atoms with Crippen LogP contribution in [0.1, 0.15) is 32.1 Å². The molecule has 0 unspecified atom stereocenters. The molecule has 0 aromatic rings. The van der Waals surface area contributed by atoms with Crippen LogP contribution in [-0.4, -0.2) is 44.8 Å². The molecule has 1 saturated heterocycles. The summed E-state index contributed by atoms with van der Waals surface area (Å²) in [4.78, 5) is 0. The van der Waals surface area contributed by atoms with Crippen LogP contribution in [0.4, 0.5) is 0 Å². The summed E-state index contributed by atoms with van der Waals surface area (Å²) in [6.07, 6.45) is 7.09. The number of hydrogen-bond donors (Lipinski definition) is 2. The third kappa shape index (κ3) is 4.72. The average molecular weight is 292 g/mol. The highest BCUT2D eigenvalue weighted by atomic mass is 32.2. The van der Waals surface area contributed by atoms with Gasteiger partial charge in [0.1, 0.15) is 0 Å². The van der Waals surface area contributed by atoms with Gasteiger partial charge in [0.25, 0.3) is 0 Å². The van der Waals surface area contributed by atoms with E-state index >= 15 is 0 Å². The largest absolute Gasteiger partial charge is 0.313 e. The monoisotopic (exact) mass is 292 g/mol. The molecule has 1 aliphatic carbocycles. The normalized spacial score (nSPS) is 33.7. The second-order valence-corrected chi connectivity index (χ2v) is 8.44. The van der Waals surface area contributed by atoms with Crippen molar-refractivity contribution >= 4 is 21.8 Å². The first-order valence-corrected chi connectivity index (χ1v) is 9.87. The summed E-state index contributed by atoms with van der Waals surface area (Å²) in [5.41, 5.74) is 0. The van der Waals surface area contributed by atoms with Crippen LogP contribution in [0.15, 0.2) is 0 Å². The molecule has 0 aromatic heterocycles. The first kappa shape index (κ1) is 14.6. The van der Waals surface area contributed by atoms with Crippen molar-refractivity contribution in [1.82, 2.24) is 10.0 Å². The number of rotatable bonds is 5. The molecule has 0 spiro atoms. The Labute approximate surface area is 115 Å². The van der Waals surface area contributed by atoms with E-state index < -0.39 is 10.0 Å². The number of hydrogen-bond acceptors (Lipinski definition) is 4. The maximum Gasteiger partial charge on any atom is 0.208 e. The predicted molar refractivity (Wildman–Crippen MR) is 77.5 cm³/mol. The highest BCUT2D eigenvalue weighted by molar-refractivity contribution is 7.99. The molecule has 0 amide bonds. The molecule has 18 heavy (non-hydrogen) atoms. The fourth-order valence-electron chi connectivity index (χ4n) is 2.93. The molecular weight excluding hydrogens is 268 g/mol. The second kappa shape index (κ2) is 6.59. The van der Waals surface area contributed by atoms with E-state index in [1.165, 1.54) is 30.6 Å². The molecule has 1 saturated carbocycles. The summed E-state index contributed by atoms with van der Waals surface area (Å²) in [5, 5.41) is 3.62. The van der Waals surface area contributed by atoms with Crippen LogP contribution in [0.3, 0.4) is 0 Å². The van der Waals surface area contributed by atoms with E-state index in [9.17, 15) is 8.42 Å². The zero-order valence-corrected chi connectivity index (χ0v) is 12.7. The number of sulfonamides is 1. The minimum atomic E-state index is -3.07. The molecular formula is C12H24N2O2S2. The lowest BCUT2D eigenvalue weighted by molar-refractivity contribution is 0.386. The van der Waals surface area contributed by atoms with Gasteiger partial charge < -0.3 is 5.32 Å². The minimum Gasteiger partial charge on any atom is -0.313 e. The third-order valence-electron chi connectivity index (χ3n) is 3.85. The fraction of sp³-hybridized carbons (Fsp3) is 1.00. The van der Waals surface area contributed by atoms with Gasteiger partial charge in [0.15, 0.2) is 0 Å². The molecule has 2 rings (SSSR count). The minimum absolute atomic E-state index is 0.142. The maximum atomic E-state index is 11.3. The molecule has 3 atom stereocenters. The van der Waals surface area contributed by atoms with Gasteiger partial charge in [-0.3, -0.25) is 0 Å². The van der Waals surface area contributed by atoms with Gasteiger partial charge in [-0.15, -0.1) is 0 Å². The summed E-state index contributed by atoms with van der Waals surface area (Å²) in [7, 11) is -3.07. The smallest absolute Gasteiger partial charge is 0.208 e. The summed E-state index contributed by atoms with van der Waals surface area (Å²) in [6.45, 7) is 0.957. The molecule has 0 aromatic carbocycles. The van der Waals surface area contributed by atoms with E-state index in [1.807, 2.05) is 11.8 Å². The zero-order chi connectivity index (χ0) is 13.0. The van der Waals surface area contributed by atoms with Crippen molar-refractivity contribution in [2.45, 2.75) is 44.2 Å². The van der Waals surface area contributed by atoms with Crippen molar-refractivity contribution in [3.05, 3.63) is 0 Å². The SMILES string of the molecule is CS(=O)(=O)N[C@@H]1CCC[C@H]1CN[C@@H]1CCCSC1. The lowest BCUT2D eigenvalue weighted by atomic mass is 10.0. The highest BCUT2D eigenvalue weighted by Crippen LogP contribution is 2.26. The summed E-state index contributed by atoms with van der Waals surface area (Å²) in [6, 6.07) is 0.770. The van der Waals surface area contributed by atoms with Crippen molar-refractivity contribution in [2.75, 3.05) is 24.3 Å². The molecule has 0 radical (unpaired) electrons. The molecule has 2 aliphatic rings. The molecule has 2 N–H and O–H groups in total. The average Bonchev–Trinajstić information content (AvgIpc) is 2.73.